The van der Waals surface area contributed by atoms with Crippen molar-refractivity contribution >= 4 is 22.8 Å². The fraction of sp³-hybridized carbons (Fsp3) is 0.556. The molecule has 1 N–H and O–H groups in total. The Morgan fingerprint density at radius 1 is 1.41 bits per heavy atom. The number of carboxylic acids is 1. The third-order valence-corrected chi connectivity index (χ3v) is 2.61. The molecule has 0 spiro atoms. The highest BCUT2D eigenvalue weighted by molar-refractivity contribution is 8.13. The van der Waals surface area contributed by atoms with Crippen LogP contribution in [0.2, 0.25) is 0 Å². The summed E-state index contributed by atoms with van der Waals surface area (Å²) in [6.45, 7) is 0.877. The lowest BCUT2D eigenvalue weighted by molar-refractivity contribution is -0.145. The van der Waals surface area contributed by atoms with Gasteiger partial charge in [-0.1, -0.05) is 17.8 Å². The van der Waals surface area contributed by atoms with E-state index in [9.17, 15) is 27.2 Å². The van der Waals surface area contributed by atoms with Crippen LogP contribution in [-0.4, -0.2) is 34.3 Å². The lowest BCUT2D eigenvalue weighted by Gasteiger charge is -2.06. The SMILES string of the molecule is C/C(=C/CCSC(=O)C(F)C(=O)O)C(F)(F)F. The summed E-state index contributed by atoms with van der Waals surface area (Å²) < 4.78 is 48.5. The van der Waals surface area contributed by atoms with Gasteiger partial charge in [-0.25, -0.2) is 9.18 Å². The second kappa shape index (κ2) is 6.63. The zero-order chi connectivity index (χ0) is 13.6. The zero-order valence-electron chi connectivity index (χ0n) is 8.75. The highest BCUT2D eigenvalue weighted by atomic mass is 32.2. The second-order valence-corrected chi connectivity index (χ2v) is 4.14. The monoisotopic (exact) mass is 274 g/mol. The molecule has 1 unspecified atom stereocenters. The highest BCUT2D eigenvalue weighted by Crippen LogP contribution is 2.25. The number of halogens is 4. The van der Waals surface area contributed by atoms with E-state index in [0.29, 0.717) is 11.8 Å². The maximum atomic E-state index is 12.5. The van der Waals surface area contributed by atoms with Crippen molar-refractivity contribution in [1.82, 2.24) is 0 Å². The molecule has 0 radical (unpaired) electrons. The summed E-state index contributed by atoms with van der Waals surface area (Å²) in [6.07, 6.45) is -6.27. The first-order valence-electron chi connectivity index (χ1n) is 4.43. The van der Waals surface area contributed by atoms with Gasteiger partial charge in [-0.2, -0.15) is 13.2 Å². The Morgan fingerprint density at radius 3 is 2.35 bits per heavy atom. The number of alkyl halides is 4. The van der Waals surface area contributed by atoms with Crippen LogP contribution >= 0.6 is 11.8 Å². The van der Waals surface area contributed by atoms with Crippen molar-refractivity contribution in [3.63, 3.8) is 0 Å². The van der Waals surface area contributed by atoms with Crippen molar-refractivity contribution in [3.05, 3.63) is 11.6 Å². The van der Waals surface area contributed by atoms with Crippen molar-refractivity contribution in [2.24, 2.45) is 0 Å². The van der Waals surface area contributed by atoms with E-state index in [1.54, 1.807) is 0 Å². The molecule has 0 bridgehead atoms. The normalized spacial score (nSPS) is 14.5. The van der Waals surface area contributed by atoms with Gasteiger partial charge in [0.2, 0.25) is 5.12 Å². The lowest BCUT2D eigenvalue weighted by atomic mass is 10.2. The molecule has 0 aliphatic heterocycles. The van der Waals surface area contributed by atoms with Crippen LogP contribution in [0.1, 0.15) is 13.3 Å². The van der Waals surface area contributed by atoms with Gasteiger partial charge in [0.1, 0.15) is 0 Å². The van der Waals surface area contributed by atoms with Gasteiger partial charge in [0.15, 0.2) is 0 Å². The largest absolute Gasteiger partial charge is 0.479 e. The van der Waals surface area contributed by atoms with E-state index in [1.807, 2.05) is 0 Å². The van der Waals surface area contributed by atoms with Gasteiger partial charge in [-0.05, 0) is 13.3 Å². The van der Waals surface area contributed by atoms with Crippen LogP contribution in [0.15, 0.2) is 11.6 Å². The molecule has 98 valence electrons. The first-order valence-corrected chi connectivity index (χ1v) is 5.42. The molecule has 17 heavy (non-hydrogen) atoms. The standard InChI is InChI=1S/C9H10F4O3S/c1-5(9(11,12)13)3-2-4-17-8(16)6(10)7(14)15/h3,6H,2,4H2,1H3,(H,14,15)/b5-3-. The summed E-state index contributed by atoms with van der Waals surface area (Å²) in [5.41, 5.74) is -0.805. The van der Waals surface area contributed by atoms with Crippen LogP contribution in [0.3, 0.4) is 0 Å². The van der Waals surface area contributed by atoms with Crippen LogP contribution in [0.25, 0.3) is 0 Å². The molecule has 0 aromatic carbocycles. The fourth-order valence-corrected chi connectivity index (χ4v) is 1.41. The Bertz CT molecular complexity index is 325. The molecule has 0 aliphatic carbocycles. The van der Waals surface area contributed by atoms with E-state index in [0.717, 1.165) is 13.0 Å². The van der Waals surface area contributed by atoms with Gasteiger partial charge < -0.3 is 5.11 Å². The molecule has 3 nitrogen and oxygen atoms in total. The molecule has 0 saturated carbocycles. The Morgan fingerprint density at radius 2 is 1.94 bits per heavy atom. The van der Waals surface area contributed by atoms with E-state index in [1.165, 1.54) is 0 Å². The van der Waals surface area contributed by atoms with Crippen LogP contribution in [0.4, 0.5) is 17.6 Å². The van der Waals surface area contributed by atoms with Crippen molar-refractivity contribution in [3.8, 4) is 0 Å². The molecule has 0 rings (SSSR count). The number of carboxylic acid groups (broad SMARTS) is 1. The minimum Gasteiger partial charge on any atom is -0.479 e. The molecule has 0 aromatic heterocycles. The molecule has 0 saturated heterocycles. The predicted molar refractivity (Wildman–Crippen MR) is 54.4 cm³/mol. The zero-order valence-corrected chi connectivity index (χ0v) is 9.57. The van der Waals surface area contributed by atoms with Gasteiger partial charge in [0.05, 0.1) is 0 Å². The summed E-state index contributed by atoms with van der Waals surface area (Å²) in [5, 5.41) is 6.92. The first kappa shape index (κ1) is 16.0. The number of hydrogen-bond acceptors (Lipinski definition) is 3. The highest BCUT2D eigenvalue weighted by Gasteiger charge is 2.29. The van der Waals surface area contributed by atoms with Crippen LogP contribution in [0, 0.1) is 0 Å². The first-order chi connectivity index (χ1) is 7.66. The second-order valence-electron chi connectivity index (χ2n) is 3.04. The smallest absolute Gasteiger partial charge is 0.412 e. The van der Waals surface area contributed by atoms with Crippen molar-refractivity contribution < 1.29 is 32.3 Å². The molecule has 0 heterocycles. The molecular weight excluding hydrogens is 264 g/mol. The number of rotatable bonds is 5. The molecule has 0 amide bonds. The van der Waals surface area contributed by atoms with Gasteiger partial charge >= 0.3 is 12.1 Å². The fourth-order valence-electron chi connectivity index (χ4n) is 0.725. The number of aliphatic carboxylic acids is 1. The van der Waals surface area contributed by atoms with Gasteiger partial charge in [-0.3, -0.25) is 4.79 Å². The predicted octanol–water partition coefficient (Wildman–Crippen LogP) is 2.57. The number of hydrogen-bond donors (Lipinski definition) is 1. The molecular formula is C9H10F4O3S. The van der Waals surface area contributed by atoms with Gasteiger partial charge in [0, 0.05) is 11.3 Å². The molecule has 0 aliphatic rings. The third-order valence-electron chi connectivity index (χ3n) is 1.68. The van der Waals surface area contributed by atoms with Gasteiger partial charge in [0.25, 0.3) is 6.17 Å². The maximum Gasteiger partial charge on any atom is 0.412 e. The van der Waals surface area contributed by atoms with Crippen molar-refractivity contribution in [2.75, 3.05) is 5.75 Å². The number of allylic oxidation sites excluding steroid dienone is 2. The molecule has 0 aromatic rings. The Hall–Kier alpha value is -1.05. The summed E-state index contributed by atoms with van der Waals surface area (Å²) in [6, 6.07) is 0. The van der Waals surface area contributed by atoms with E-state index in [2.05, 4.69) is 0 Å². The quantitative estimate of drug-likeness (QED) is 0.362. The summed E-state index contributed by atoms with van der Waals surface area (Å²) >= 11 is 0.359. The van der Waals surface area contributed by atoms with E-state index in [4.69, 9.17) is 5.11 Å². The van der Waals surface area contributed by atoms with E-state index < -0.39 is 29.0 Å². The summed E-state index contributed by atoms with van der Waals surface area (Å²) in [7, 11) is 0. The maximum absolute atomic E-state index is 12.5. The molecule has 0 fully saturated rings. The van der Waals surface area contributed by atoms with Crippen molar-refractivity contribution in [2.45, 2.75) is 25.7 Å². The van der Waals surface area contributed by atoms with E-state index >= 15 is 0 Å². The minimum absolute atomic E-state index is 0.0892. The van der Waals surface area contributed by atoms with Crippen molar-refractivity contribution in [1.29, 1.82) is 0 Å². The minimum atomic E-state index is -4.42. The number of thioether (sulfide) groups is 1. The molecule has 8 heteroatoms. The molecule has 1 atom stereocenters. The van der Waals surface area contributed by atoms with E-state index in [-0.39, 0.29) is 12.2 Å². The third kappa shape index (κ3) is 6.30. The Kier molecular flexibility index (Phi) is 6.22. The summed E-state index contributed by atoms with van der Waals surface area (Å²) in [5.74, 6) is -2.00. The van der Waals surface area contributed by atoms with Crippen LogP contribution < -0.4 is 0 Å². The lowest BCUT2D eigenvalue weighted by Crippen LogP contribution is -2.22. The average molecular weight is 274 g/mol. The topological polar surface area (TPSA) is 54.4 Å². The van der Waals surface area contributed by atoms with Crippen LogP contribution in [0.5, 0.6) is 0 Å². The van der Waals surface area contributed by atoms with Gasteiger partial charge in [-0.15, -0.1) is 0 Å². The summed E-state index contributed by atoms with van der Waals surface area (Å²) in [4.78, 5) is 20.8. The average Bonchev–Trinajstić information content (AvgIpc) is 2.20. The number of carbonyl (C=O) groups excluding carboxylic acids is 1. The Balaban J connectivity index is 4.02. The Labute approximate surface area is 98.9 Å². The number of carbonyl (C=O) groups is 2. The van der Waals surface area contributed by atoms with Crippen LogP contribution in [-0.2, 0) is 9.59 Å².